The summed E-state index contributed by atoms with van der Waals surface area (Å²) in [5.74, 6) is -0.461. The van der Waals surface area contributed by atoms with Gasteiger partial charge >= 0.3 is 6.18 Å². The van der Waals surface area contributed by atoms with E-state index in [2.05, 4.69) is 0 Å². The molecule has 0 aliphatic heterocycles. The number of hydrogen-bond acceptors (Lipinski definition) is 2. The molecule has 0 saturated heterocycles. The molecule has 0 rings (SSSR count). The van der Waals surface area contributed by atoms with E-state index < -0.39 is 30.0 Å². The van der Waals surface area contributed by atoms with Crippen LogP contribution in [-0.4, -0.2) is 36.6 Å². The average Bonchev–Trinajstić information content (AvgIpc) is 2.09. The van der Waals surface area contributed by atoms with Crippen molar-refractivity contribution >= 4 is 5.91 Å². The monoisotopic (exact) mass is 240 g/mol. The minimum atomic E-state index is -4.25. The van der Waals surface area contributed by atoms with E-state index in [0.29, 0.717) is 0 Å². The second kappa shape index (κ2) is 5.03. The molecule has 0 saturated carbocycles. The lowest BCUT2D eigenvalue weighted by atomic mass is 9.86. The highest BCUT2D eigenvalue weighted by Gasteiger charge is 2.32. The van der Waals surface area contributed by atoms with Gasteiger partial charge in [0.1, 0.15) is 0 Å². The van der Waals surface area contributed by atoms with E-state index >= 15 is 0 Å². The zero-order valence-corrected chi connectivity index (χ0v) is 10.1. The minimum absolute atomic E-state index is 0.355. The molecular weight excluding hydrogens is 221 g/mol. The largest absolute Gasteiger partial charge is 0.390 e. The van der Waals surface area contributed by atoms with E-state index in [1.807, 2.05) is 0 Å². The SMILES string of the molecule is CN(CCC(F)(F)F)C(=O)[C@@H](N)C(C)(C)C. The third-order valence-corrected chi connectivity index (χ3v) is 2.31. The summed E-state index contributed by atoms with van der Waals surface area (Å²) >= 11 is 0. The fourth-order valence-electron chi connectivity index (χ4n) is 1.01. The molecule has 16 heavy (non-hydrogen) atoms. The maximum atomic E-state index is 11.9. The summed E-state index contributed by atoms with van der Waals surface area (Å²) in [6.45, 7) is 4.96. The molecule has 0 aliphatic carbocycles. The number of alkyl halides is 3. The maximum Gasteiger partial charge on any atom is 0.390 e. The maximum absolute atomic E-state index is 11.9. The Morgan fingerprint density at radius 1 is 1.31 bits per heavy atom. The van der Waals surface area contributed by atoms with Crippen molar-refractivity contribution in [2.75, 3.05) is 13.6 Å². The molecule has 1 atom stereocenters. The molecule has 0 aromatic rings. The van der Waals surface area contributed by atoms with Crippen molar-refractivity contribution in [1.29, 1.82) is 0 Å². The topological polar surface area (TPSA) is 46.3 Å². The van der Waals surface area contributed by atoms with Crippen LogP contribution < -0.4 is 5.73 Å². The van der Waals surface area contributed by atoms with E-state index in [9.17, 15) is 18.0 Å². The summed E-state index contributed by atoms with van der Waals surface area (Å²) in [5.41, 5.74) is 5.21. The summed E-state index contributed by atoms with van der Waals surface area (Å²) in [7, 11) is 1.33. The van der Waals surface area contributed by atoms with Gasteiger partial charge in [-0.15, -0.1) is 0 Å². The zero-order chi connectivity index (χ0) is 13.1. The third-order valence-electron chi connectivity index (χ3n) is 2.31. The number of carbonyl (C=O) groups excluding carboxylic acids is 1. The highest BCUT2D eigenvalue weighted by molar-refractivity contribution is 5.82. The number of nitrogens with zero attached hydrogens (tertiary/aromatic N) is 1. The molecule has 0 aromatic carbocycles. The van der Waals surface area contributed by atoms with Crippen LogP contribution in [0.15, 0.2) is 0 Å². The van der Waals surface area contributed by atoms with Gasteiger partial charge in [-0.25, -0.2) is 0 Å². The minimum Gasteiger partial charge on any atom is -0.344 e. The van der Waals surface area contributed by atoms with Crippen LogP contribution in [0, 0.1) is 5.41 Å². The summed E-state index contributed by atoms with van der Waals surface area (Å²) in [4.78, 5) is 12.7. The van der Waals surface area contributed by atoms with Crippen LogP contribution in [0.3, 0.4) is 0 Å². The Morgan fingerprint density at radius 2 is 1.75 bits per heavy atom. The first-order valence-corrected chi connectivity index (χ1v) is 5.02. The van der Waals surface area contributed by atoms with Gasteiger partial charge in [0.25, 0.3) is 0 Å². The van der Waals surface area contributed by atoms with Crippen molar-refractivity contribution in [3.63, 3.8) is 0 Å². The molecule has 0 fully saturated rings. The summed E-state index contributed by atoms with van der Waals surface area (Å²) < 4.78 is 35.8. The lowest BCUT2D eigenvalue weighted by Gasteiger charge is -2.30. The van der Waals surface area contributed by atoms with Crippen molar-refractivity contribution < 1.29 is 18.0 Å². The number of rotatable bonds is 3. The predicted molar refractivity (Wildman–Crippen MR) is 55.7 cm³/mol. The van der Waals surface area contributed by atoms with Crippen LogP contribution in [0.25, 0.3) is 0 Å². The molecule has 0 bridgehead atoms. The van der Waals surface area contributed by atoms with Gasteiger partial charge in [0, 0.05) is 13.6 Å². The second-order valence-corrected chi connectivity index (χ2v) is 4.97. The van der Waals surface area contributed by atoms with Crippen LogP contribution in [0.4, 0.5) is 13.2 Å². The Morgan fingerprint density at radius 3 is 2.06 bits per heavy atom. The molecule has 0 aromatic heterocycles. The fourth-order valence-corrected chi connectivity index (χ4v) is 1.01. The lowest BCUT2D eigenvalue weighted by molar-refractivity contribution is -0.145. The molecule has 1 amide bonds. The third kappa shape index (κ3) is 5.34. The van der Waals surface area contributed by atoms with Crippen molar-refractivity contribution in [2.45, 2.75) is 39.4 Å². The first-order valence-electron chi connectivity index (χ1n) is 5.02. The van der Waals surface area contributed by atoms with E-state index in [4.69, 9.17) is 5.73 Å². The molecule has 6 heteroatoms. The van der Waals surface area contributed by atoms with Crippen LogP contribution in [-0.2, 0) is 4.79 Å². The Hall–Kier alpha value is -0.780. The first kappa shape index (κ1) is 15.2. The van der Waals surface area contributed by atoms with E-state index in [-0.39, 0.29) is 6.54 Å². The summed E-state index contributed by atoms with van der Waals surface area (Å²) in [5, 5.41) is 0. The molecule has 0 aliphatic rings. The fraction of sp³-hybridized carbons (Fsp3) is 0.900. The van der Waals surface area contributed by atoms with E-state index in [0.717, 1.165) is 4.90 Å². The van der Waals surface area contributed by atoms with Gasteiger partial charge in [-0.2, -0.15) is 13.2 Å². The highest BCUT2D eigenvalue weighted by Crippen LogP contribution is 2.21. The van der Waals surface area contributed by atoms with Crippen molar-refractivity contribution in [2.24, 2.45) is 11.1 Å². The molecule has 3 nitrogen and oxygen atoms in total. The molecule has 96 valence electrons. The number of halogens is 3. The standard InChI is InChI=1S/C10H19F3N2O/c1-9(2,3)7(14)8(16)15(4)6-5-10(11,12)13/h7H,5-6,14H2,1-4H3/t7-/m1/s1. The summed E-state index contributed by atoms with van der Waals surface area (Å²) in [6, 6.07) is -0.786. The van der Waals surface area contributed by atoms with Crippen molar-refractivity contribution in [3.8, 4) is 0 Å². The van der Waals surface area contributed by atoms with Gasteiger partial charge < -0.3 is 10.6 Å². The van der Waals surface area contributed by atoms with E-state index in [1.54, 1.807) is 20.8 Å². The molecule has 0 unspecified atom stereocenters. The van der Waals surface area contributed by atoms with Crippen LogP contribution in [0.1, 0.15) is 27.2 Å². The second-order valence-electron chi connectivity index (χ2n) is 4.97. The smallest absolute Gasteiger partial charge is 0.344 e. The number of carbonyl (C=O) groups is 1. The normalized spacial score (nSPS) is 14.8. The van der Waals surface area contributed by atoms with Gasteiger partial charge in [0.2, 0.25) is 5.91 Å². The van der Waals surface area contributed by atoms with Crippen LogP contribution in [0.2, 0.25) is 0 Å². The number of hydrogen-bond donors (Lipinski definition) is 1. The van der Waals surface area contributed by atoms with Gasteiger partial charge in [-0.1, -0.05) is 20.8 Å². The number of amides is 1. The van der Waals surface area contributed by atoms with Crippen molar-refractivity contribution in [3.05, 3.63) is 0 Å². The zero-order valence-electron chi connectivity index (χ0n) is 10.1. The lowest BCUT2D eigenvalue weighted by Crippen LogP contribution is -2.49. The molecule has 0 heterocycles. The van der Waals surface area contributed by atoms with Crippen LogP contribution in [0.5, 0.6) is 0 Å². The Kier molecular flexibility index (Phi) is 4.79. The Balaban J connectivity index is 4.30. The Labute approximate surface area is 93.8 Å². The number of likely N-dealkylation sites (N-methyl/N-ethyl adjacent to an activating group) is 1. The molecule has 0 radical (unpaired) electrons. The van der Waals surface area contributed by atoms with Gasteiger partial charge in [0.15, 0.2) is 0 Å². The average molecular weight is 240 g/mol. The van der Waals surface area contributed by atoms with Gasteiger partial charge in [-0.05, 0) is 5.41 Å². The van der Waals surface area contributed by atoms with Crippen LogP contribution >= 0.6 is 0 Å². The Bertz CT molecular complexity index is 245. The molecule has 0 spiro atoms. The highest BCUT2D eigenvalue weighted by atomic mass is 19.4. The molecular formula is C10H19F3N2O. The molecule has 2 N–H and O–H groups in total. The number of nitrogens with two attached hydrogens (primary N) is 1. The summed E-state index contributed by atoms with van der Waals surface area (Å²) in [6.07, 6.45) is -5.26. The van der Waals surface area contributed by atoms with E-state index in [1.165, 1.54) is 7.05 Å². The van der Waals surface area contributed by atoms with Crippen molar-refractivity contribution in [1.82, 2.24) is 4.90 Å². The quantitative estimate of drug-likeness (QED) is 0.817. The van der Waals surface area contributed by atoms with Gasteiger partial charge in [-0.3, -0.25) is 4.79 Å². The first-order chi connectivity index (χ1) is 6.95. The van der Waals surface area contributed by atoms with Gasteiger partial charge in [0.05, 0.1) is 12.5 Å². The predicted octanol–water partition coefficient (Wildman–Crippen LogP) is 1.77.